The van der Waals surface area contributed by atoms with Crippen molar-refractivity contribution in [3.8, 4) is 0 Å². The highest BCUT2D eigenvalue weighted by molar-refractivity contribution is 5.87. The Hall–Kier alpha value is -0.710. The number of nitrogens with zero attached hydrogens (tertiary/aromatic N) is 1. The van der Waals surface area contributed by atoms with Crippen molar-refractivity contribution in [2.45, 2.75) is 65.2 Å². The minimum atomic E-state index is -0.0417. The maximum atomic E-state index is 12.4. The molecule has 134 valence electrons. The summed E-state index contributed by atoms with van der Waals surface area (Å²) in [6, 6.07) is 0. The van der Waals surface area contributed by atoms with Crippen molar-refractivity contribution < 1.29 is 10.0 Å². The van der Waals surface area contributed by atoms with Gasteiger partial charge in [-0.2, -0.15) is 0 Å². The van der Waals surface area contributed by atoms with Crippen LogP contribution in [0.5, 0.6) is 0 Å². The van der Waals surface area contributed by atoms with Crippen molar-refractivity contribution in [3.63, 3.8) is 0 Å². The molecule has 0 aromatic heterocycles. The zero-order valence-corrected chi connectivity index (χ0v) is 15.0. The van der Waals surface area contributed by atoms with E-state index in [1.54, 1.807) is 0 Å². The van der Waals surface area contributed by atoms with Gasteiger partial charge < -0.3 is 10.4 Å². The molecule has 3 saturated carbocycles. The number of carbonyl (C=O) groups excluding carboxylic acids is 1. The Bertz CT molecular complexity index is 571. The monoisotopic (exact) mass is 332 g/mol. The number of Topliss-reactive ketones (excluding diaryl/α,β-unsaturated/α-hetero) is 1. The lowest BCUT2D eigenvalue weighted by Crippen LogP contribution is -2.52. The van der Waals surface area contributed by atoms with Crippen molar-refractivity contribution in [2.24, 2.45) is 34.5 Å². The fourth-order valence-electron chi connectivity index (χ4n) is 7.03. The molecule has 0 radical (unpaired) electrons. The first-order valence-electron chi connectivity index (χ1n) is 9.69. The molecule has 0 heterocycles. The Morgan fingerprint density at radius 3 is 2.79 bits per heavy atom. The highest BCUT2D eigenvalue weighted by atomic mass is 16.8. The van der Waals surface area contributed by atoms with E-state index in [0.29, 0.717) is 29.0 Å². The van der Waals surface area contributed by atoms with E-state index in [-0.39, 0.29) is 17.2 Å². The van der Waals surface area contributed by atoms with E-state index in [0.717, 1.165) is 43.6 Å². The largest absolute Gasteiger partial charge is 0.762 e. The molecule has 1 N–H and O–H groups in total. The molecule has 4 nitrogen and oxygen atoms in total. The number of allylic oxidation sites excluding steroid dienone is 1. The van der Waals surface area contributed by atoms with Crippen molar-refractivity contribution >= 4 is 5.78 Å². The van der Waals surface area contributed by atoms with Crippen molar-refractivity contribution in [2.75, 3.05) is 6.54 Å². The fourth-order valence-corrected chi connectivity index (χ4v) is 7.03. The minimum absolute atomic E-state index is 0.0417. The zero-order valence-electron chi connectivity index (χ0n) is 15.0. The van der Waals surface area contributed by atoms with Crippen LogP contribution in [0, 0.1) is 39.7 Å². The molecule has 0 spiro atoms. The molecule has 0 aromatic carbocycles. The number of fused-ring (bicyclic) bond motifs is 5. The van der Waals surface area contributed by atoms with E-state index in [2.05, 4.69) is 19.9 Å². The third-order valence-electron chi connectivity index (χ3n) is 8.45. The molecule has 0 saturated heterocycles. The third-order valence-corrected chi connectivity index (χ3v) is 8.45. The van der Waals surface area contributed by atoms with Gasteiger partial charge in [-0.3, -0.25) is 10.0 Å². The number of carbonyl (C=O) groups is 1. The van der Waals surface area contributed by atoms with Crippen LogP contribution < -0.4 is 0 Å². The fraction of sp³-hybridized carbons (Fsp3) is 0.850. The Kier molecular flexibility index (Phi) is 3.94. The standard InChI is InChI=1S/C20H30NO3/c1-19-9-7-13(12-21(23)24)11-14(19)3-4-15-16-5-6-18(22)20(16,2)10-8-17(15)19/h7,14-17,23H,3-6,8-12H2,1-2H3/q-1/t14-,15-,16-,17+,19-,20-/m0/s1. The van der Waals surface area contributed by atoms with Gasteiger partial charge in [-0.05, 0) is 74.0 Å². The Labute approximate surface area is 144 Å². The Morgan fingerprint density at radius 1 is 1.25 bits per heavy atom. The van der Waals surface area contributed by atoms with Crippen LogP contribution in [0.4, 0.5) is 0 Å². The Morgan fingerprint density at radius 2 is 2.04 bits per heavy atom. The number of hydrogen-bond acceptors (Lipinski definition) is 4. The molecule has 4 aliphatic rings. The van der Waals surface area contributed by atoms with E-state index in [1.807, 2.05) is 0 Å². The molecular weight excluding hydrogens is 302 g/mol. The van der Waals surface area contributed by atoms with Crippen LogP contribution in [0.15, 0.2) is 11.6 Å². The first-order valence-corrected chi connectivity index (χ1v) is 9.69. The van der Waals surface area contributed by atoms with Gasteiger partial charge in [0.15, 0.2) is 0 Å². The summed E-state index contributed by atoms with van der Waals surface area (Å²) < 4.78 is 0. The average Bonchev–Trinajstić information content (AvgIpc) is 2.83. The van der Waals surface area contributed by atoms with Gasteiger partial charge in [-0.25, -0.2) is 0 Å². The highest BCUT2D eigenvalue weighted by Crippen LogP contribution is 2.65. The highest BCUT2D eigenvalue weighted by Gasteiger charge is 2.59. The molecule has 4 aliphatic carbocycles. The van der Waals surface area contributed by atoms with Gasteiger partial charge in [-0.1, -0.05) is 25.5 Å². The molecule has 4 heteroatoms. The molecule has 0 amide bonds. The summed E-state index contributed by atoms with van der Waals surface area (Å²) in [5.74, 6) is 3.17. The van der Waals surface area contributed by atoms with Gasteiger partial charge in [0.25, 0.3) is 0 Å². The number of rotatable bonds is 2. The summed E-state index contributed by atoms with van der Waals surface area (Å²) in [4.78, 5) is 12.4. The van der Waals surface area contributed by atoms with Crippen molar-refractivity contribution in [1.29, 1.82) is 0 Å². The molecule has 24 heavy (non-hydrogen) atoms. The average molecular weight is 332 g/mol. The molecule has 0 aromatic rings. The molecule has 0 unspecified atom stereocenters. The number of hydrogen-bond donors (Lipinski definition) is 1. The van der Waals surface area contributed by atoms with E-state index in [1.165, 1.54) is 19.3 Å². The van der Waals surface area contributed by atoms with Gasteiger partial charge >= 0.3 is 0 Å². The number of ketones is 1. The number of hydroxylamine groups is 2. The van der Waals surface area contributed by atoms with E-state index >= 15 is 0 Å². The van der Waals surface area contributed by atoms with Crippen LogP contribution in [0.2, 0.25) is 0 Å². The lowest BCUT2D eigenvalue weighted by atomic mass is 9.45. The van der Waals surface area contributed by atoms with Gasteiger partial charge in [0, 0.05) is 18.4 Å². The summed E-state index contributed by atoms with van der Waals surface area (Å²) in [6.45, 7) is 4.82. The smallest absolute Gasteiger partial charge is 0.139 e. The molecule has 6 atom stereocenters. The topological polar surface area (TPSA) is 63.6 Å². The van der Waals surface area contributed by atoms with E-state index < -0.39 is 0 Å². The molecule has 4 rings (SSSR count). The summed E-state index contributed by atoms with van der Waals surface area (Å²) in [5.41, 5.74) is 1.37. The summed E-state index contributed by atoms with van der Waals surface area (Å²) >= 11 is 0. The predicted octanol–water partition coefficient (Wildman–Crippen LogP) is 4.32. The van der Waals surface area contributed by atoms with Crippen LogP contribution >= 0.6 is 0 Å². The van der Waals surface area contributed by atoms with Crippen molar-refractivity contribution in [1.82, 2.24) is 5.23 Å². The minimum Gasteiger partial charge on any atom is -0.762 e. The van der Waals surface area contributed by atoms with Crippen LogP contribution in [-0.4, -0.2) is 22.8 Å². The van der Waals surface area contributed by atoms with Gasteiger partial charge in [0.1, 0.15) is 5.78 Å². The van der Waals surface area contributed by atoms with Gasteiger partial charge in [0.2, 0.25) is 0 Å². The zero-order chi connectivity index (χ0) is 17.1. The second kappa shape index (κ2) is 5.65. The van der Waals surface area contributed by atoms with Crippen molar-refractivity contribution in [3.05, 3.63) is 16.9 Å². The van der Waals surface area contributed by atoms with Crippen LogP contribution in [0.3, 0.4) is 0 Å². The van der Waals surface area contributed by atoms with Crippen LogP contribution in [0.1, 0.15) is 65.2 Å². The summed E-state index contributed by atoms with van der Waals surface area (Å²) in [5, 5.41) is 20.0. The van der Waals surface area contributed by atoms with E-state index in [9.17, 15) is 10.0 Å². The normalized spacial score (nSPS) is 47.9. The van der Waals surface area contributed by atoms with Crippen LogP contribution in [-0.2, 0) is 4.79 Å². The van der Waals surface area contributed by atoms with E-state index in [4.69, 9.17) is 5.21 Å². The third kappa shape index (κ3) is 2.33. The quantitative estimate of drug-likeness (QED) is 0.604. The second-order valence-electron chi connectivity index (χ2n) is 9.36. The maximum absolute atomic E-state index is 12.4. The SMILES string of the molecule is C[C@]12CC=C(CN([O-])O)C[C@@H]1CC[C@@H]1[C@H]2CC[C@]2(C)C(=O)CC[C@@H]12. The Balaban J connectivity index is 1.58. The maximum Gasteiger partial charge on any atom is 0.139 e. The van der Waals surface area contributed by atoms with Gasteiger partial charge in [0.05, 0.1) is 0 Å². The van der Waals surface area contributed by atoms with Crippen LogP contribution in [0.25, 0.3) is 0 Å². The molecule has 0 bridgehead atoms. The lowest BCUT2D eigenvalue weighted by molar-refractivity contribution is -0.136. The first-order chi connectivity index (χ1) is 11.3. The predicted molar refractivity (Wildman–Crippen MR) is 92.1 cm³/mol. The van der Waals surface area contributed by atoms with Gasteiger partial charge in [-0.15, -0.1) is 0 Å². The summed E-state index contributed by atoms with van der Waals surface area (Å²) in [7, 11) is 0. The molecule has 0 aliphatic heterocycles. The second-order valence-corrected chi connectivity index (χ2v) is 9.36. The first kappa shape index (κ1) is 16.7. The lowest BCUT2D eigenvalue weighted by Gasteiger charge is -2.59. The molecular formula is C20H30NO3-. The molecule has 3 fully saturated rings. The summed E-state index contributed by atoms with van der Waals surface area (Å²) in [6.07, 6.45) is 10.8.